The maximum atomic E-state index is 11.8. The van der Waals surface area contributed by atoms with Gasteiger partial charge in [0.15, 0.2) is 5.69 Å². The first-order valence-electron chi connectivity index (χ1n) is 6.16. The predicted octanol–water partition coefficient (Wildman–Crippen LogP) is -0.513. The van der Waals surface area contributed by atoms with Gasteiger partial charge in [0, 0.05) is 25.6 Å². The summed E-state index contributed by atoms with van der Waals surface area (Å²) in [5.74, 6) is -1.03. The van der Waals surface area contributed by atoms with Gasteiger partial charge in [0.2, 0.25) is 5.91 Å². The molecule has 19 heavy (non-hydrogen) atoms. The van der Waals surface area contributed by atoms with Crippen LogP contribution in [-0.4, -0.2) is 56.0 Å². The molecule has 8 nitrogen and oxygen atoms in total. The van der Waals surface area contributed by atoms with E-state index in [1.807, 2.05) is 6.92 Å². The molecule has 8 heteroatoms. The number of aromatic nitrogens is 3. The van der Waals surface area contributed by atoms with Crippen molar-refractivity contribution in [1.29, 1.82) is 0 Å². The summed E-state index contributed by atoms with van der Waals surface area (Å²) in [6.45, 7) is 2.95. The van der Waals surface area contributed by atoms with Crippen molar-refractivity contribution in [3.8, 4) is 0 Å². The first-order chi connectivity index (χ1) is 8.97. The van der Waals surface area contributed by atoms with Crippen molar-refractivity contribution in [2.45, 2.75) is 31.8 Å². The van der Waals surface area contributed by atoms with Crippen molar-refractivity contribution in [1.82, 2.24) is 19.9 Å². The fourth-order valence-electron chi connectivity index (χ4n) is 1.89. The number of carboxylic acids is 1. The van der Waals surface area contributed by atoms with Gasteiger partial charge in [-0.2, -0.15) is 0 Å². The van der Waals surface area contributed by atoms with Gasteiger partial charge < -0.3 is 15.7 Å². The molecule has 0 aromatic carbocycles. The highest BCUT2D eigenvalue weighted by atomic mass is 16.4. The van der Waals surface area contributed by atoms with E-state index in [0.29, 0.717) is 25.9 Å². The zero-order chi connectivity index (χ0) is 14.0. The van der Waals surface area contributed by atoms with Crippen LogP contribution in [0.25, 0.3) is 0 Å². The maximum Gasteiger partial charge on any atom is 0.358 e. The van der Waals surface area contributed by atoms with Crippen LogP contribution in [-0.2, 0) is 4.79 Å². The van der Waals surface area contributed by atoms with E-state index in [1.54, 1.807) is 4.90 Å². The summed E-state index contributed by atoms with van der Waals surface area (Å²) in [4.78, 5) is 24.1. The standard InChI is InChI=1S/C11H17N5O3/c1-7(12)2-3-10(17)15-4-8(5-15)16-6-9(11(18)19)13-14-16/h6-8H,2-5,12H2,1H3,(H,18,19). The first kappa shape index (κ1) is 13.5. The van der Waals surface area contributed by atoms with Gasteiger partial charge in [0.05, 0.1) is 12.2 Å². The Balaban J connectivity index is 1.82. The second kappa shape index (κ2) is 5.35. The minimum atomic E-state index is -1.10. The van der Waals surface area contributed by atoms with Crippen LogP contribution in [0.2, 0.25) is 0 Å². The Morgan fingerprint density at radius 2 is 2.26 bits per heavy atom. The van der Waals surface area contributed by atoms with Crippen molar-refractivity contribution in [3.05, 3.63) is 11.9 Å². The Kier molecular flexibility index (Phi) is 3.79. The van der Waals surface area contributed by atoms with Crippen LogP contribution in [0.15, 0.2) is 6.20 Å². The molecule has 104 valence electrons. The molecule has 3 N–H and O–H groups in total. The number of nitrogens with zero attached hydrogens (tertiary/aromatic N) is 4. The number of hydrogen-bond acceptors (Lipinski definition) is 5. The smallest absolute Gasteiger partial charge is 0.358 e. The van der Waals surface area contributed by atoms with E-state index >= 15 is 0 Å². The Labute approximate surface area is 110 Å². The average molecular weight is 267 g/mol. The molecule has 0 radical (unpaired) electrons. The number of nitrogens with two attached hydrogens (primary N) is 1. The molecule has 2 heterocycles. The largest absolute Gasteiger partial charge is 0.476 e. The Morgan fingerprint density at radius 1 is 1.58 bits per heavy atom. The molecule has 1 aromatic heterocycles. The van der Waals surface area contributed by atoms with Gasteiger partial charge in [0.1, 0.15) is 0 Å². The highest BCUT2D eigenvalue weighted by molar-refractivity contribution is 5.84. The van der Waals surface area contributed by atoms with Crippen LogP contribution in [0.3, 0.4) is 0 Å². The van der Waals surface area contributed by atoms with Gasteiger partial charge in [-0.15, -0.1) is 5.10 Å². The maximum absolute atomic E-state index is 11.8. The second-order valence-electron chi connectivity index (χ2n) is 4.86. The van der Waals surface area contributed by atoms with Crippen molar-refractivity contribution in [3.63, 3.8) is 0 Å². The molecule has 1 aliphatic heterocycles. The lowest BCUT2D eigenvalue weighted by molar-refractivity contribution is -0.137. The van der Waals surface area contributed by atoms with Crippen LogP contribution >= 0.6 is 0 Å². The van der Waals surface area contributed by atoms with E-state index in [0.717, 1.165) is 0 Å². The van der Waals surface area contributed by atoms with Crippen LogP contribution in [0.5, 0.6) is 0 Å². The number of rotatable bonds is 5. The summed E-state index contributed by atoms with van der Waals surface area (Å²) in [6.07, 6.45) is 2.51. The summed E-state index contributed by atoms with van der Waals surface area (Å²) in [5.41, 5.74) is 5.52. The highest BCUT2D eigenvalue weighted by Gasteiger charge is 2.32. The number of carbonyl (C=O) groups is 2. The molecule has 1 fully saturated rings. The number of carboxylic acid groups (broad SMARTS) is 1. The average Bonchev–Trinajstić information content (AvgIpc) is 2.73. The van der Waals surface area contributed by atoms with Crippen LogP contribution < -0.4 is 5.73 Å². The Morgan fingerprint density at radius 3 is 2.79 bits per heavy atom. The molecule has 0 spiro atoms. The number of hydrogen-bond donors (Lipinski definition) is 2. The third kappa shape index (κ3) is 3.08. The number of aromatic carboxylic acids is 1. The number of amides is 1. The lowest BCUT2D eigenvalue weighted by Crippen LogP contribution is -2.51. The summed E-state index contributed by atoms with van der Waals surface area (Å²) in [7, 11) is 0. The molecule has 1 atom stereocenters. The van der Waals surface area contributed by atoms with Gasteiger partial charge in [-0.1, -0.05) is 5.21 Å². The molecule has 1 saturated heterocycles. The summed E-state index contributed by atoms with van der Waals surface area (Å²) >= 11 is 0. The van der Waals surface area contributed by atoms with E-state index in [1.165, 1.54) is 10.9 Å². The molecule has 1 aromatic rings. The van der Waals surface area contributed by atoms with Crippen molar-refractivity contribution in [2.24, 2.45) is 5.73 Å². The molecule has 0 aliphatic carbocycles. The van der Waals surface area contributed by atoms with E-state index in [9.17, 15) is 9.59 Å². The molecule has 1 aliphatic rings. The first-order valence-corrected chi connectivity index (χ1v) is 6.16. The molecule has 1 amide bonds. The molecular formula is C11H17N5O3. The zero-order valence-corrected chi connectivity index (χ0v) is 10.7. The van der Waals surface area contributed by atoms with Crippen LogP contribution in [0, 0.1) is 0 Å². The fraction of sp³-hybridized carbons (Fsp3) is 0.636. The Bertz CT molecular complexity index is 478. The van der Waals surface area contributed by atoms with E-state index in [-0.39, 0.29) is 23.7 Å². The monoisotopic (exact) mass is 267 g/mol. The Hall–Kier alpha value is -1.96. The topological polar surface area (TPSA) is 114 Å². The summed E-state index contributed by atoms with van der Waals surface area (Å²) < 4.78 is 1.50. The normalized spacial score (nSPS) is 17.1. The van der Waals surface area contributed by atoms with Gasteiger partial charge in [-0.3, -0.25) is 4.79 Å². The van der Waals surface area contributed by atoms with Crippen LogP contribution in [0.4, 0.5) is 0 Å². The summed E-state index contributed by atoms with van der Waals surface area (Å²) in [6, 6.07) is 0.0364. The molecule has 1 unspecified atom stereocenters. The van der Waals surface area contributed by atoms with Gasteiger partial charge in [-0.05, 0) is 13.3 Å². The molecule has 0 saturated carbocycles. The van der Waals surface area contributed by atoms with Gasteiger partial charge in [0.25, 0.3) is 0 Å². The molecule has 2 rings (SSSR count). The van der Waals surface area contributed by atoms with E-state index in [4.69, 9.17) is 10.8 Å². The van der Waals surface area contributed by atoms with Crippen molar-refractivity contribution in [2.75, 3.05) is 13.1 Å². The summed E-state index contributed by atoms with van der Waals surface area (Å²) in [5, 5.41) is 16.0. The predicted molar refractivity (Wildman–Crippen MR) is 65.5 cm³/mol. The lowest BCUT2D eigenvalue weighted by Gasteiger charge is -2.39. The number of likely N-dealkylation sites (tertiary alicyclic amines) is 1. The third-order valence-corrected chi connectivity index (χ3v) is 3.13. The van der Waals surface area contributed by atoms with E-state index < -0.39 is 5.97 Å². The quantitative estimate of drug-likeness (QED) is 0.742. The number of carbonyl (C=O) groups excluding carboxylic acids is 1. The van der Waals surface area contributed by atoms with E-state index in [2.05, 4.69) is 10.3 Å². The fourth-order valence-corrected chi connectivity index (χ4v) is 1.89. The van der Waals surface area contributed by atoms with Gasteiger partial charge >= 0.3 is 5.97 Å². The minimum absolute atomic E-state index is 0.0137. The molecular weight excluding hydrogens is 250 g/mol. The SMILES string of the molecule is CC(N)CCC(=O)N1CC(n2cc(C(=O)O)nn2)C1. The third-order valence-electron chi connectivity index (χ3n) is 3.13. The molecule has 0 bridgehead atoms. The zero-order valence-electron chi connectivity index (χ0n) is 10.7. The minimum Gasteiger partial charge on any atom is -0.476 e. The van der Waals surface area contributed by atoms with Gasteiger partial charge in [-0.25, -0.2) is 9.48 Å². The second-order valence-corrected chi connectivity index (χ2v) is 4.86. The highest BCUT2D eigenvalue weighted by Crippen LogP contribution is 2.21. The van der Waals surface area contributed by atoms with Crippen molar-refractivity contribution >= 4 is 11.9 Å². The van der Waals surface area contributed by atoms with Crippen molar-refractivity contribution < 1.29 is 14.7 Å². The lowest BCUT2D eigenvalue weighted by atomic mass is 10.1. The van der Waals surface area contributed by atoms with Crippen LogP contribution in [0.1, 0.15) is 36.3 Å².